The molecule has 0 amide bonds. The average Bonchev–Trinajstić information content (AvgIpc) is 2.77. The van der Waals surface area contributed by atoms with Gasteiger partial charge in [-0.1, -0.05) is 29.8 Å². The second-order valence-corrected chi connectivity index (χ2v) is 8.54. The van der Waals surface area contributed by atoms with Crippen molar-refractivity contribution in [3.63, 3.8) is 0 Å². The molecule has 0 N–H and O–H groups in total. The van der Waals surface area contributed by atoms with Gasteiger partial charge in [0.25, 0.3) is 5.56 Å². The van der Waals surface area contributed by atoms with Crippen molar-refractivity contribution in [2.45, 2.75) is 26.2 Å². The lowest BCUT2D eigenvalue weighted by Gasteiger charge is -2.14. The first-order chi connectivity index (χ1) is 14.9. The van der Waals surface area contributed by atoms with Crippen molar-refractivity contribution in [2.75, 3.05) is 13.7 Å². The Morgan fingerprint density at radius 2 is 2.06 bits per heavy atom. The monoisotopic (exact) mass is 546 g/mol. The van der Waals surface area contributed by atoms with Crippen LogP contribution in [0.2, 0.25) is 0 Å². The lowest BCUT2D eigenvalue weighted by molar-refractivity contribution is 0.329. The molecule has 0 aliphatic rings. The van der Waals surface area contributed by atoms with Crippen molar-refractivity contribution >= 4 is 49.0 Å². The van der Waals surface area contributed by atoms with Crippen molar-refractivity contribution in [1.29, 1.82) is 5.26 Å². The topological polar surface area (TPSA) is 89.5 Å². The van der Waals surface area contributed by atoms with E-state index >= 15 is 0 Å². The summed E-state index contributed by atoms with van der Waals surface area (Å²) in [5.74, 6) is 1.52. The molecule has 3 aromatic rings. The van der Waals surface area contributed by atoms with Crippen LogP contribution in [0.15, 0.2) is 49.2 Å². The fraction of sp³-hybridized carbons (Fsp3) is 0.273. The number of methoxy groups -OCH3 is 1. The molecule has 0 unspecified atom stereocenters. The van der Waals surface area contributed by atoms with Crippen LogP contribution in [0.5, 0.6) is 11.5 Å². The number of halogens is 2. The summed E-state index contributed by atoms with van der Waals surface area (Å²) < 4.78 is 13.6. The predicted octanol–water partition coefficient (Wildman–Crippen LogP) is 5.23. The highest BCUT2D eigenvalue weighted by atomic mass is 79.9. The number of fused-ring (bicyclic) bond motifs is 1. The molecule has 0 radical (unpaired) electrons. The molecule has 2 aromatic carbocycles. The molecule has 31 heavy (non-hydrogen) atoms. The lowest BCUT2D eigenvalue weighted by atomic mass is 10.1. The Balaban J connectivity index is 2.13. The van der Waals surface area contributed by atoms with Gasteiger partial charge >= 0.3 is 0 Å². The number of nitriles is 1. The number of aromatic nitrogens is 2. The van der Waals surface area contributed by atoms with E-state index in [9.17, 15) is 4.79 Å². The highest BCUT2D eigenvalue weighted by Crippen LogP contribution is 2.33. The van der Waals surface area contributed by atoms with Gasteiger partial charge in [-0.05, 0) is 52.7 Å². The zero-order valence-electron chi connectivity index (χ0n) is 17.2. The second-order valence-electron chi connectivity index (χ2n) is 6.77. The Kier molecular flexibility index (Phi) is 7.46. The van der Waals surface area contributed by atoms with Crippen LogP contribution in [0.1, 0.15) is 37.6 Å². The maximum absolute atomic E-state index is 13.2. The number of benzene rings is 2. The first-order valence-electron chi connectivity index (χ1n) is 9.53. The molecular formula is C22H20Br2N4O3. The molecule has 0 saturated carbocycles. The van der Waals surface area contributed by atoms with Crippen molar-refractivity contribution in [2.24, 2.45) is 5.10 Å². The molecule has 160 valence electrons. The van der Waals surface area contributed by atoms with Gasteiger partial charge in [0.05, 0.1) is 24.2 Å². The molecule has 0 aliphatic carbocycles. The van der Waals surface area contributed by atoms with E-state index in [2.05, 4.69) is 37.0 Å². The first-order valence-corrected chi connectivity index (χ1v) is 11.1. The summed E-state index contributed by atoms with van der Waals surface area (Å²) in [6.07, 6.45) is 2.38. The summed E-state index contributed by atoms with van der Waals surface area (Å²) in [7, 11) is 1.51. The third-order valence-corrected chi connectivity index (χ3v) is 5.95. The molecule has 0 aliphatic heterocycles. The van der Waals surface area contributed by atoms with Gasteiger partial charge in [-0.25, -0.2) is 4.98 Å². The average molecular weight is 548 g/mol. The molecule has 1 atom stereocenters. The van der Waals surface area contributed by atoms with E-state index in [0.29, 0.717) is 38.3 Å². The highest BCUT2D eigenvalue weighted by molar-refractivity contribution is 9.10. The number of hydrogen-bond donors (Lipinski definition) is 0. The molecule has 0 bridgehead atoms. The van der Waals surface area contributed by atoms with Gasteiger partial charge in [0.1, 0.15) is 11.9 Å². The van der Waals surface area contributed by atoms with Gasteiger partial charge in [0.15, 0.2) is 18.1 Å². The highest BCUT2D eigenvalue weighted by Gasteiger charge is 2.16. The Morgan fingerprint density at radius 3 is 2.74 bits per heavy atom. The van der Waals surface area contributed by atoms with E-state index < -0.39 is 0 Å². The van der Waals surface area contributed by atoms with Gasteiger partial charge in [0, 0.05) is 20.4 Å². The summed E-state index contributed by atoms with van der Waals surface area (Å²) in [5.41, 5.74) is 1.07. The minimum Gasteiger partial charge on any atom is -0.493 e. The zero-order valence-corrected chi connectivity index (χ0v) is 20.4. The van der Waals surface area contributed by atoms with Crippen molar-refractivity contribution in [3.05, 3.63) is 61.0 Å². The van der Waals surface area contributed by atoms with Gasteiger partial charge in [-0.3, -0.25) is 4.79 Å². The third kappa shape index (κ3) is 4.97. The second kappa shape index (κ2) is 10.1. The molecule has 0 spiro atoms. The van der Waals surface area contributed by atoms with Crippen LogP contribution in [0, 0.1) is 11.3 Å². The van der Waals surface area contributed by atoms with Crippen LogP contribution in [0.3, 0.4) is 0 Å². The maximum atomic E-state index is 13.2. The van der Waals surface area contributed by atoms with Gasteiger partial charge < -0.3 is 9.47 Å². The number of nitrogens with zero attached hydrogens (tertiary/aromatic N) is 4. The van der Waals surface area contributed by atoms with Gasteiger partial charge in [-0.2, -0.15) is 15.0 Å². The molecular weight excluding hydrogens is 528 g/mol. The largest absolute Gasteiger partial charge is 0.493 e. The van der Waals surface area contributed by atoms with Crippen LogP contribution >= 0.6 is 31.9 Å². The quantitative estimate of drug-likeness (QED) is 0.378. The van der Waals surface area contributed by atoms with Crippen molar-refractivity contribution < 1.29 is 9.47 Å². The Hall–Kier alpha value is -2.70. The van der Waals surface area contributed by atoms with Crippen LogP contribution in [-0.2, 0) is 0 Å². The molecule has 1 heterocycles. The fourth-order valence-corrected chi connectivity index (χ4v) is 3.72. The van der Waals surface area contributed by atoms with E-state index in [1.807, 2.05) is 32.0 Å². The summed E-state index contributed by atoms with van der Waals surface area (Å²) in [4.78, 5) is 17.9. The fourth-order valence-electron chi connectivity index (χ4n) is 2.93. The number of ether oxygens (including phenoxy) is 2. The van der Waals surface area contributed by atoms with E-state index in [1.54, 1.807) is 24.4 Å². The Labute approximate surface area is 196 Å². The van der Waals surface area contributed by atoms with E-state index in [1.165, 1.54) is 11.8 Å². The molecule has 9 heteroatoms. The van der Waals surface area contributed by atoms with Crippen LogP contribution in [0.4, 0.5) is 0 Å². The van der Waals surface area contributed by atoms with Gasteiger partial charge in [-0.15, -0.1) is 0 Å². The predicted molar refractivity (Wildman–Crippen MR) is 127 cm³/mol. The lowest BCUT2D eigenvalue weighted by Crippen LogP contribution is -2.23. The van der Waals surface area contributed by atoms with Crippen LogP contribution in [0.25, 0.3) is 10.9 Å². The van der Waals surface area contributed by atoms with Crippen LogP contribution < -0.4 is 15.0 Å². The third-order valence-electron chi connectivity index (χ3n) is 4.77. The number of hydrogen-bond acceptors (Lipinski definition) is 6. The summed E-state index contributed by atoms with van der Waals surface area (Å²) in [6.45, 7) is 3.96. The summed E-state index contributed by atoms with van der Waals surface area (Å²) in [6, 6.07) is 10.8. The Bertz CT molecular complexity index is 1250. The first kappa shape index (κ1) is 23.0. The normalized spacial score (nSPS) is 12.1. The summed E-state index contributed by atoms with van der Waals surface area (Å²) in [5, 5.41) is 13.7. The van der Waals surface area contributed by atoms with E-state index in [0.717, 1.165) is 10.9 Å². The van der Waals surface area contributed by atoms with Crippen LogP contribution in [-0.4, -0.2) is 29.6 Å². The standard InChI is InChI=1S/C22H20Br2N4O3/c1-4-13(2)21-27-18-6-5-15(23)10-16(18)22(29)28(21)26-12-14-9-19(30-3)20(11-17(14)24)31-8-7-25/h5-6,9-13H,4,8H2,1-3H3/t13-/m0/s1. The minimum absolute atomic E-state index is 0.0395. The minimum atomic E-state index is -0.241. The smallest absolute Gasteiger partial charge is 0.282 e. The molecule has 3 rings (SSSR count). The van der Waals surface area contributed by atoms with E-state index in [-0.39, 0.29) is 18.1 Å². The molecule has 0 saturated heterocycles. The van der Waals surface area contributed by atoms with Crippen molar-refractivity contribution in [1.82, 2.24) is 9.66 Å². The molecule has 0 fully saturated rings. The Morgan fingerprint density at radius 1 is 1.29 bits per heavy atom. The maximum Gasteiger partial charge on any atom is 0.282 e. The summed E-state index contributed by atoms with van der Waals surface area (Å²) >= 11 is 6.90. The van der Waals surface area contributed by atoms with E-state index in [4.69, 9.17) is 19.7 Å². The van der Waals surface area contributed by atoms with Gasteiger partial charge in [0.2, 0.25) is 0 Å². The molecule has 1 aromatic heterocycles. The SMILES string of the molecule is CC[C@H](C)c1nc2ccc(Br)cc2c(=O)n1N=Cc1cc(OC)c(OCC#N)cc1Br. The zero-order chi connectivity index (χ0) is 22.5. The van der Waals surface area contributed by atoms with Crippen molar-refractivity contribution in [3.8, 4) is 17.6 Å². The molecule has 7 nitrogen and oxygen atoms in total. The number of rotatable bonds is 7.